The van der Waals surface area contributed by atoms with Gasteiger partial charge < -0.3 is 24.4 Å². The Hall–Kier alpha value is -4.45. The van der Waals surface area contributed by atoms with Gasteiger partial charge in [-0.3, -0.25) is 0 Å². The molecule has 4 aromatic rings. The highest BCUT2D eigenvalue weighted by Gasteiger charge is 2.15. The average Bonchev–Trinajstić information content (AvgIpc) is 2.98. The Kier molecular flexibility index (Phi) is 9.63. The van der Waals surface area contributed by atoms with Crippen LogP contribution >= 0.6 is 0 Å². The fourth-order valence-electron chi connectivity index (χ4n) is 4.13. The molecule has 0 heterocycles. The Bertz CT molecular complexity index is 1300. The zero-order valence-electron chi connectivity index (χ0n) is 21.9. The highest BCUT2D eigenvalue weighted by molar-refractivity contribution is 5.74. The van der Waals surface area contributed by atoms with Crippen molar-refractivity contribution in [2.45, 2.75) is 26.1 Å². The number of carbonyl (C=O) groups excluding carboxylic acids is 1. The number of ether oxygens (including phenoxy) is 3. The largest absolute Gasteiger partial charge is 0.493 e. The van der Waals surface area contributed by atoms with Gasteiger partial charge in [0.25, 0.3) is 0 Å². The summed E-state index contributed by atoms with van der Waals surface area (Å²) in [5, 5.41) is 3.07. The average molecular weight is 511 g/mol. The van der Waals surface area contributed by atoms with Gasteiger partial charge in [0.15, 0.2) is 11.5 Å². The maximum atomic E-state index is 13.3. The monoisotopic (exact) mass is 510 g/mol. The van der Waals surface area contributed by atoms with Gasteiger partial charge in [-0.05, 0) is 52.9 Å². The molecule has 0 spiro atoms. The van der Waals surface area contributed by atoms with Crippen LogP contribution in [0.1, 0.15) is 22.3 Å². The third kappa shape index (κ3) is 7.77. The molecule has 0 aliphatic heterocycles. The summed E-state index contributed by atoms with van der Waals surface area (Å²) < 4.78 is 16.8. The Labute approximate surface area is 224 Å². The van der Waals surface area contributed by atoms with Crippen LogP contribution in [0.4, 0.5) is 4.79 Å². The van der Waals surface area contributed by atoms with E-state index in [1.807, 2.05) is 108 Å². The van der Waals surface area contributed by atoms with E-state index in [0.29, 0.717) is 44.2 Å². The molecule has 1 N–H and O–H groups in total. The number of rotatable bonds is 12. The number of nitrogens with zero attached hydrogens (tertiary/aromatic N) is 1. The van der Waals surface area contributed by atoms with Gasteiger partial charge in [-0.1, -0.05) is 78.9 Å². The highest BCUT2D eigenvalue weighted by Crippen LogP contribution is 2.28. The topological polar surface area (TPSA) is 60.0 Å². The van der Waals surface area contributed by atoms with E-state index in [2.05, 4.69) is 5.32 Å². The smallest absolute Gasteiger partial charge is 0.317 e. The SMILES string of the molecule is COc1ccc(CCN(Cc2cccc(OCc3ccccc3)c2)C(=O)NCc2ccccc2)cc1OC. The van der Waals surface area contributed by atoms with Crippen LogP contribution in [0.25, 0.3) is 0 Å². The van der Waals surface area contributed by atoms with E-state index >= 15 is 0 Å². The lowest BCUT2D eigenvalue weighted by molar-refractivity contribution is 0.195. The summed E-state index contributed by atoms with van der Waals surface area (Å²) in [5.41, 5.74) is 4.22. The van der Waals surface area contributed by atoms with Crippen molar-refractivity contribution in [1.82, 2.24) is 10.2 Å². The molecule has 0 saturated carbocycles. The Morgan fingerprint density at radius 1 is 0.711 bits per heavy atom. The number of hydrogen-bond acceptors (Lipinski definition) is 4. The van der Waals surface area contributed by atoms with Crippen molar-refractivity contribution in [1.29, 1.82) is 0 Å². The fourth-order valence-corrected chi connectivity index (χ4v) is 4.13. The summed E-state index contributed by atoms with van der Waals surface area (Å²) in [6.45, 7) is 1.94. The lowest BCUT2D eigenvalue weighted by Gasteiger charge is -2.24. The quantitative estimate of drug-likeness (QED) is 0.245. The Balaban J connectivity index is 1.45. The van der Waals surface area contributed by atoms with Gasteiger partial charge >= 0.3 is 6.03 Å². The first-order valence-corrected chi connectivity index (χ1v) is 12.7. The van der Waals surface area contributed by atoms with Crippen LogP contribution in [0.3, 0.4) is 0 Å². The van der Waals surface area contributed by atoms with Gasteiger partial charge in [0, 0.05) is 19.6 Å². The Morgan fingerprint density at radius 2 is 1.39 bits per heavy atom. The first kappa shape index (κ1) is 26.6. The number of urea groups is 1. The van der Waals surface area contributed by atoms with Gasteiger partial charge in [-0.15, -0.1) is 0 Å². The van der Waals surface area contributed by atoms with E-state index in [1.165, 1.54) is 0 Å². The minimum Gasteiger partial charge on any atom is -0.493 e. The third-order valence-electron chi connectivity index (χ3n) is 6.21. The zero-order valence-corrected chi connectivity index (χ0v) is 21.9. The van der Waals surface area contributed by atoms with Crippen LogP contribution in [-0.2, 0) is 26.1 Å². The molecule has 0 aliphatic carbocycles. The molecule has 6 nitrogen and oxygen atoms in total. The lowest BCUT2D eigenvalue weighted by atomic mass is 10.1. The van der Waals surface area contributed by atoms with Crippen molar-refractivity contribution in [2.75, 3.05) is 20.8 Å². The van der Waals surface area contributed by atoms with Crippen LogP contribution in [-0.4, -0.2) is 31.7 Å². The second kappa shape index (κ2) is 13.7. The van der Waals surface area contributed by atoms with Crippen molar-refractivity contribution in [3.8, 4) is 17.2 Å². The van der Waals surface area contributed by atoms with Crippen LogP contribution in [0, 0.1) is 0 Å². The number of nitrogens with one attached hydrogen (secondary N) is 1. The summed E-state index contributed by atoms with van der Waals surface area (Å²) in [4.78, 5) is 15.1. The predicted molar refractivity (Wildman–Crippen MR) is 150 cm³/mol. The second-order valence-corrected chi connectivity index (χ2v) is 8.93. The summed E-state index contributed by atoms with van der Waals surface area (Å²) >= 11 is 0. The fraction of sp³-hybridized carbons (Fsp3) is 0.219. The molecule has 0 unspecified atom stereocenters. The van der Waals surface area contributed by atoms with Crippen molar-refractivity contribution in [3.63, 3.8) is 0 Å². The minimum absolute atomic E-state index is 0.120. The van der Waals surface area contributed by atoms with Crippen LogP contribution < -0.4 is 19.5 Å². The van der Waals surface area contributed by atoms with Crippen LogP contribution in [0.15, 0.2) is 103 Å². The number of carbonyl (C=O) groups is 1. The summed E-state index contributed by atoms with van der Waals surface area (Å²) in [5.74, 6) is 2.13. The molecule has 0 radical (unpaired) electrons. The van der Waals surface area contributed by atoms with Gasteiger partial charge in [-0.2, -0.15) is 0 Å². The van der Waals surface area contributed by atoms with Crippen molar-refractivity contribution in [3.05, 3.63) is 125 Å². The number of hydrogen-bond donors (Lipinski definition) is 1. The van der Waals surface area contributed by atoms with Crippen LogP contribution in [0.2, 0.25) is 0 Å². The normalized spacial score (nSPS) is 10.5. The lowest BCUT2D eigenvalue weighted by Crippen LogP contribution is -2.40. The molecule has 196 valence electrons. The first-order valence-electron chi connectivity index (χ1n) is 12.7. The molecule has 4 rings (SSSR count). The molecule has 38 heavy (non-hydrogen) atoms. The maximum Gasteiger partial charge on any atom is 0.317 e. The summed E-state index contributed by atoms with van der Waals surface area (Å²) in [6, 6.07) is 33.6. The molecule has 6 heteroatoms. The van der Waals surface area contributed by atoms with Gasteiger partial charge in [-0.25, -0.2) is 4.79 Å². The van der Waals surface area contributed by atoms with E-state index in [-0.39, 0.29) is 6.03 Å². The summed E-state index contributed by atoms with van der Waals surface area (Å²) in [7, 11) is 3.24. The highest BCUT2D eigenvalue weighted by atomic mass is 16.5. The van der Waals surface area contributed by atoms with Gasteiger partial charge in [0.2, 0.25) is 0 Å². The standard InChI is InChI=1S/C32H34N2O4/c1-36-30-17-16-25(21-31(30)37-2)18-19-34(32(35)33-22-26-10-5-3-6-11-26)23-28-14-9-15-29(20-28)38-24-27-12-7-4-8-13-27/h3-17,20-21H,18-19,22-24H2,1-2H3,(H,33,35). The number of methoxy groups -OCH3 is 2. The van der Waals surface area contributed by atoms with Gasteiger partial charge in [0.1, 0.15) is 12.4 Å². The van der Waals surface area contributed by atoms with Gasteiger partial charge in [0.05, 0.1) is 14.2 Å². The van der Waals surface area contributed by atoms with Crippen molar-refractivity contribution < 1.29 is 19.0 Å². The molecule has 0 atom stereocenters. The van der Waals surface area contributed by atoms with E-state index in [1.54, 1.807) is 14.2 Å². The first-order chi connectivity index (χ1) is 18.6. The minimum atomic E-state index is -0.120. The zero-order chi connectivity index (χ0) is 26.6. The molecular weight excluding hydrogens is 476 g/mol. The van der Waals surface area contributed by atoms with E-state index in [4.69, 9.17) is 14.2 Å². The van der Waals surface area contributed by atoms with Crippen molar-refractivity contribution >= 4 is 6.03 Å². The van der Waals surface area contributed by atoms with E-state index in [9.17, 15) is 4.79 Å². The molecule has 4 aromatic carbocycles. The molecule has 0 aliphatic rings. The molecule has 0 bridgehead atoms. The molecule has 0 aromatic heterocycles. The van der Waals surface area contributed by atoms with E-state index < -0.39 is 0 Å². The van der Waals surface area contributed by atoms with Crippen molar-refractivity contribution in [2.24, 2.45) is 0 Å². The molecular formula is C32H34N2O4. The Morgan fingerprint density at radius 3 is 2.11 bits per heavy atom. The van der Waals surface area contributed by atoms with E-state index in [0.717, 1.165) is 28.0 Å². The molecule has 0 saturated heterocycles. The summed E-state index contributed by atoms with van der Waals surface area (Å²) in [6.07, 6.45) is 0.670. The number of benzene rings is 4. The molecule has 0 fully saturated rings. The van der Waals surface area contributed by atoms with Crippen LogP contribution in [0.5, 0.6) is 17.2 Å². The third-order valence-corrected chi connectivity index (χ3v) is 6.21. The predicted octanol–water partition coefficient (Wildman–Crippen LogP) is 6.24. The second-order valence-electron chi connectivity index (χ2n) is 8.93. The molecule has 2 amide bonds. The number of amides is 2. The maximum absolute atomic E-state index is 13.3.